The van der Waals surface area contributed by atoms with Gasteiger partial charge in [-0.25, -0.2) is 4.39 Å². The minimum atomic E-state index is -0.706. The summed E-state index contributed by atoms with van der Waals surface area (Å²) >= 11 is 0. The number of aliphatic hydroxyl groups excluding tert-OH is 1. The van der Waals surface area contributed by atoms with E-state index < -0.39 is 6.10 Å². The molecule has 174 valence electrons. The maximum absolute atomic E-state index is 13.0. The Balaban J connectivity index is 1.27. The molecule has 3 aromatic rings. The number of nitrogens with zero attached hydrogens (tertiary/aromatic N) is 1. The largest absolute Gasteiger partial charge is 0.489 e. The summed E-state index contributed by atoms with van der Waals surface area (Å²) in [6.07, 6.45) is 1.81. The fourth-order valence-electron chi connectivity index (χ4n) is 3.81. The number of carbonyl (C=O) groups is 1. The molecule has 1 saturated heterocycles. The molecule has 3 N–H and O–H groups in total. The molecule has 1 aromatic heterocycles. The van der Waals surface area contributed by atoms with Crippen LogP contribution in [0.1, 0.15) is 22.5 Å². The summed E-state index contributed by atoms with van der Waals surface area (Å²) < 4.78 is 24.8. The van der Waals surface area contributed by atoms with E-state index in [9.17, 15) is 14.3 Å². The number of ether oxygens (including phenoxy) is 2. The average molecular weight is 454 g/mol. The van der Waals surface area contributed by atoms with Crippen LogP contribution in [-0.4, -0.2) is 59.3 Å². The van der Waals surface area contributed by atoms with Gasteiger partial charge in [0.1, 0.15) is 41.8 Å². The fourth-order valence-corrected chi connectivity index (χ4v) is 3.81. The summed E-state index contributed by atoms with van der Waals surface area (Å²) in [4.78, 5) is 17.4. The second-order valence-electron chi connectivity index (χ2n) is 8.24. The Morgan fingerprint density at radius 1 is 1.27 bits per heavy atom. The van der Waals surface area contributed by atoms with Gasteiger partial charge in [0.25, 0.3) is 5.91 Å². The normalized spacial score (nSPS) is 17.0. The first-order valence-electron chi connectivity index (χ1n) is 11.0. The van der Waals surface area contributed by atoms with Crippen molar-refractivity contribution in [3.8, 4) is 11.5 Å². The van der Waals surface area contributed by atoms with E-state index in [1.165, 1.54) is 12.1 Å². The third kappa shape index (κ3) is 6.34. The third-order valence-electron chi connectivity index (χ3n) is 5.47. The van der Waals surface area contributed by atoms with E-state index in [0.29, 0.717) is 36.0 Å². The molecule has 1 aliphatic heterocycles. The lowest BCUT2D eigenvalue weighted by molar-refractivity contribution is 0.0722. The average Bonchev–Trinajstić information content (AvgIpc) is 3.48. The van der Waals surface area contributed by atoms with Crippen molar-refractivity contribution < 1.29 is 23.8 Å². The SMILES string of the molecule is Cc1ccc(NC(=O)c2ccc[nH]2)c(OCC(O)CN2CCC(Oc3ccc(F)cc3)C2)c1. The predicted octanol–water partition coefficient (Wildman–Crippen LogP) is 3.61. The van der Waals surface area contributed by atoms with Crippen LogP contribution in [0, 0.1) is 12.7 Å². The fraction of sp³-hybridized carbons (Fsp3) is 0.320. The molecule has 33 heavy (non-hydrogen) atoms. The Labute approximate surface area is 192 Å². The Kier molecular flexibility index (Phi) is 7.26. The van der Waals surface area contributed by atoms with E-state index in [0.717, 1.165) is 18.5 Å². The minimum absolute atomic E-state index is 0.00448. The smallest absolute Gasteiger partial charge is 0.272 e. The highest BCUT2D eigenvalue weighted by atomic mass is 19.1. The van der Waals surface area contributed by atoms with E-state index in [4.69, 9.17) is 9.47 Å². The van der Waals surface area contributed by atoms with E-state index in [1.807, 2.05) is 19.1 Å². The number of aromatic nitrogens is 1. The van der Waals surface area contributed by atoms with Crippen LogP contribution in [-0.2, 0) is 0 Å². The zero-order valence-electron chi connectivity index (χ0n) is 18.5. The van der Waals surface area contributed by atoms with Gasteiger partial charge in [0, 0.05) is 25.8 Å². The molecule has 2 atom stereocenters. The van der Waals surface area contributed by atoms with Crippen molar-refractivity contribution >= 4 is 11.6 Å². The summed E-state index contributed by atoms with van der Waals surface area (Å²) in [6, 6.07) is 15.0. The van der Waals surface area contributed by atoms with Crippen LogP contribution in [0.4, 0.5) is 10.1 Å². The van der Waals surface area contributed by atoms with Crippen LogP contribution < -0.4 is 14.8 Å². The highest BCUT2D eigenvalue weighted by Crippen LogP contribution is 2.27. The zero-order valence-corrected chi connectivity index (χ0v) is 18.5. The maximum Gasteiger partial charge on any atom is 0.272 e. The first kappa shape index (κ1) is 22.8. The Morgan fingerprint density at radius 2 is 2.09 bits per heavy atom. The maximum atomic E-state index is 13.0. The van der Waals surface area contributed by atoms with E-state index in [-0.39, 0.29) is 24.4 Å². The van der Waals surface area contributed by atoms with Crippen molar-refractivity contribution in [3.05, 3.63) is 77.9 Å². The van der Waals surface area contributed by atoms with Gasteiger partial charge in [-0.2, -0.15) is 0 Å². The van der Waals surface area contributed by atoms with Crippen LogP contribution in [0.2, 0.25) is 0 Å². The standard InChI is InChI=1S/C25H28FN3O4/c1-17-4-9-22(28-25(31)23-3-2-11-27-23)24(13-17)32-16-19(30)14-29-12-10-21(15-29)33-20-7-5-18(26)6-8-20/h2-9,11,13,19,21,27,30H,10,12,14-16H2,1H3,(H,28,31). The summed E-state index contributed by atoms with van der Waals surface area (Å²) in [6.45, 7) is 3.95. The molecule has 1 amide bonds. The number of amides is 1. The number of nitrogens with one attached hydrogen (secondary N) is 2. The van der Waals surface area contributed by atoms with Crippen LogP contribution in [0.3, 0.4) is 0 Å². The Morgan fingerprint density at radius 3 is 2.85 bits per heavy atom. The topological polar surface area (TPSA) is 86.8 Å². The van der Waals surface area contributed by atoms with Crippen molar-refractivity contribution in [1.29, 1.82) is 0 Å². The molecule has 4 rings (SSSR count). The number of aromatic amines is 1. The summed E-state index contributed by atoms with van der Waals surface area (Å²) in [5.41, 5.74) is 1.98. The van der Waals surface area contributed by atoms with Gasteiger partial charge in [-0.3, -0.25) is 9.69 Å². The van der Waals surface area contributed by atoms with Gasteiger partial charge < -0.3 is 24.9 Å². The lowest BCUT2D eigenvalue weighted by atomic mass is 10.2. The lowest BCUT2D eigenvalue weighted by Crippen LogP contribution is -2.35. The summed E-state index contributed by atoms with van der Waals surface area (Å²) in [5.74, 6) is 0.589. The van der Waals surface area contributed by atoms with Crippen LogP contribution in [0.15, 0.2) is 60.8 Å². The number of rotatable bonds is 9. The van der Waals surface area contributed by atoms with Crippen molar-refractivity contribution in [1.82, 2.24) is 9.88 Å². The second kappa shape index (κ2) is 10.5. The molecule has 0 saturated carbocycles. The van der Waals surface area contributed by atoms with Gasteiger partial charge in [-0.1, -0.05) is 6.07 Å². The number of H-pyrrole nitrogens is 1. The van der Waals surface area contributed by atoms with Crippen molar-refractivity contribution in [2.45, 2.75) is 25.6 Å². The van der Waals surface area contributed by atoms with E-state index in [1.54, 1.807) is 36.5 Å². The van der Waals surface area contributed by atoms with Gasteiger partial charge in [0.2, 0.25) is 0 Å². The van der Waals surface area contributed by atoms with Crippen LogP contribution in [0.5, 0.6) is 11.5 Å². The number of halogens is 1. The minimum Gasteiger partial charge on any atom is -0.489 e. The number of aryl methyl sites for hydroxylation is 1. The Bertz CT molecular complexity index is 1060. The molecule has 8 heteroatoms. The van der Waals surface area contributed by atoms with Gasteiger partial charge in [-0.15, -0.1) is 0 Å². The summed E-state index contributed by atoms with van der Waals surface area (Å²) in [7, 11) is 0. The molecular formula is C25H28FN3O4. The number of benzene rings is 2. The van der Waals surface area contributed by atoms with Crippen LogP contribution >= 0.6 is 0 Å². The van der Waals surface area contributed by atoms with Crippen molar-refractivity contribution in [2.24, 2.45) is 0 Å². The monoisotopic (exact) mass is 453 g/mol. The first-order chi connectivity index (χ1) is 16.0. The number of carbonyl (C=O) groups excluding carboxylic acids is 1. The number of hydrogen-bond donors (Lipinski definition) is 3. The van der Waals surface area contributed by atoms with E-state index >= 15 is 0 Å². The first-order valence-corrected chi connectivity index (χ1v) is 11.0. The van der Waals surface area contributed by atoms with Crippen molar-refractivity contribution in [3.63, 3.8) is 0 Å². The van der Waals surface area contributed by atoms with Crippen molar-refractivity contribution in [2.75, 3.05) is 31.6 Å². The molecule has 0 radical (unpaired) electrons. The number of likely N-dealkylation sites (tertiary alicyclic amines) is 1. The second-order valence-corrected chi connectivity index (χ2v) is 8.24. The molecular weight excluding hydrogens is 425 g/mol. The number of β-amino-alcohol motifs (C(OH)–C–C–N with tert-alkyl or cyclic N) is 1. The number of hydrogen-bond acceptors (Lipinski definition) is 5. The van der Waals surface area contributed by atoms with Gasteiger partial charge in [0.15, 0.2) is 0 Å². The molecule has 2 heterocycles. The van der Waals surface area contributed by atoms with E-state index in [2.05, 4.69) is 15.2 Å². The molecule has 0 bridgehead atoms. The third-order valence-corrected chi connectivity index (χ3v) is 5.47. The molecule has 1 aliphatic rings. The van der Waals surface area contributed by atoms with Gasteiger partial charge >= 0.3 is 0 Å². The zero-order chi connectivity index (χ0) is 23.2. The quantitative estimate of drug-likeness (QED) is 0.461. The summed E-state index contributed by atoms with van der Waals surface area (Å²) in [5, 5.41) is 13.4. The van der Waals surface area contributed by atoms with Gasteiger partial charge in [-0.05, 0) is 67.4 Å². The van der Waals surface area contributed by atoms with Crippen LogP contribution in [0.25, 0.3) is 0 Å². The molecule has 2 unspecified atom stereocenters. The molecule has 1 fully saturated rings. The lowest BCUT2D eigenvalue weighted by Gasteiger charge is -2.21. The van der Waals surface area contributed by atoms with Gasteiger partial charge in [0.05, 0.1) is 5.69 Å². The molecule has 2 aromatic carbocycles. The molecule has 0 aliphatic carbocycles. The Hall–Kier alpha value is -3.36. The molecule has 0 spiro atoms. The predicted molar refractivity (Wildman–Crippen MR) is 123 cm³/mol. The number of anilines is 1. The molecule has 7 nitrogen and oxygen atoms in total. The highest BCUT2D eigenvalue weighted by molar-refractivity contribution is 6.03. The number of aliphatic hydroxyl groups is 1. The highest BCUT2D eigenvalue weighted by Gasteiger charge is 2.26.